The Bertz CT molecular complexity index is 1640. The van der Waals surface area contributed by atoms with Crippen LogP contribution in [-0.2, 0) is 32.2 Å². The van der Waals surface area contributed by atoms with Gasteiger partial charge < -0.3 is 25.5 Å². The van der Waals surface area contributed by atoms with Crippen molar-refractivity contribution in [1.29, 1.82) is 5.26 Å². The van der Waals surface area contributed by atoms with Crippen molar-refractivity contribution in [2.45, 2.75) is 63.6 Å². The molecule has 2 aliphatic heterocycles. The van der Waals surface area contributed by atoms with E-state index in [9.17, 15) is 36.0 Å². The van der Waals surface area contributed by atoms with Crippen molar-refractivity contribution in [3.63, 3.8) is 0 Å². The van der Waals surface area contributed by atoms with Gasteiger partial charge in [-0.2, -0.15) is 18.4 Å². The molecule has 14 nitrogen and oxygen atoms in total. The lowest BCUT2D eigenvalue weighted by atomic mass is 9.93. The van der Waals surface area contributed by atoms with E-state index in [1.807, 2.05) is 16.9 Å². The van der Waals surface area contributed by atoms with Gasteiger partial charge in [-0.05, 0) is 68.6 Å². The van der Waals surface area contributed by atoms with Gasteiger partial charge in [-0.3, -0.25) is 9.59 Å². The van der Waals surface area contributed by atoms with E-state index in [1.54, 1.807) is 21.9 Å². The number of nitrogens with one attached hydrogen (secondary N) is 3. The minimum Gasteiger partial charge on any atom is -0.480 e. The summed E-state index contributed by atoms with van der Waals surface area (Å²) in [5.74, 6) is -2.72. The van der Waals surface area contributed by atoms with Crippen molar-refractivity contribution in [3.05, 3.63) is 47.3 Å². The van der Waals surface area contributed by atoms with Gasteiger partial charge in [0.1, 0.15) is 18.2 Å². The van der Waals surface area contributed by atoms with Crippen molar-refractivity contribution in [2.24, 2.45) is 5.92 Å². The fourth-order valence-electron chi connectivity index (χ4n) is 6.06. The van der Waals surface area contributed by atoms with Crippen molar-refractivity contribution < 1.29 is 41.1 Å². The number of carboxylic acids is 1. The molecule has 0 unspecified atom stereocenters. The van der Waals surface area contributed by atoms with Crippen LogP contribution in [0.1, 0.15) is 61.9 Å². The van der Waals surface area contributed by atoms with Gasteiger partial charge in [-0.25, -0.2) is 27.9 Å². The highest BCUT2D eigenvalue weighted by Crippen LogP contribution is 2.34. The zero-order valence-corrected chi connectivity index (χ0v) is 28.2. The van der Waals surface area contributed by atoms with Crippen LogP contribution < -0.4 is 25.2 Å². The second-order valence-electron chi connectivity index (χ2n) is 12.3. The molecule has 2 aliphatic rings. The van der Waals surface area contributed by atoms with E-state index in [1.165, 1.54) is 6.07 Å². The third-order valence-corrected chi connectivity index (χ3v) is 10.0. The van der Waals surface area contributed by atoms with Gasteiger partial charge in [0.2, 0.25) is 15.8 Å². The van der Waals surface area contributed by atoms with Crippen molar-refractivity contribution >= 4 is 39.4 Å². The first-order valence-electron chi connectivity index (χ1n) is 16.4. The molecule has 3 heterocycles. The van der Waals surface area contributed by atoms with Gasteiger partial charge in [-0.15, -0.1) is 0 Å². The topological polar surface area (TPSA) is 198 Å². The molecule has 272 valence electrons. The number of aliphatic carboxylic acids is 1. The first-order chi connectivity index (χ1) is 23.7. The molecule has 4 rings (SSSR count). The molecule has 1 aromatic heterocycles. The molecule has 0 saturated carbocycles. The third-order valence-electron chi connectivity index (χ3n) is 8.72. The molecule has 0 spiro atoms. The van der Waals surface area contributed by atoms with E-state index in [-0.39, 0.29) is 36.3 Å². The Hall–Kier alpha value is -4.50. The van der Waals surface area contributed by atoms with Gasteiger partial charge in [0, 0.05) is 45.2 Å². The molecule has 2 aromatic rings. The van der Waals surface area contributed by atoms with E-state index in [4.69, 9.17) is 10.4 Å². The Morgan fingerprint density at radius 1 is 1.00 bits per heavy atom. The minimum atomic E-state index is -4.78. The number of urea groups is 1. The molecule has 0 radical (unpaired) electrons. The standard InChI is InChI=1S/C32H41F3N8O6S/c33-32(34,35)30-40-27(42-16-11-23(12-17-42)10-13-37-31(47)38-14-18-50(48,49)39-21-29(45)46)19-28(41-30)43-15-2-4-25(43)26(44)5-1-3-22-6-8-24(20-36)9-7-22/h6-9,19,23,25,39H,1-5,10-18,21H2,(H,45,46)(H2,37,38,47)/t25-/m0/s1. The largest absolute Gasteiger partial charge is 0.480 e. The smallest absolute Gasteiger partial charge is 0.451 e. The number of halogens is 3. The Balaban J connectivity index is 1.28. The summed E-state index contributed by atoms with van der Waals surface area (Å²) in [7, 11) is -3.85. The third kappa shape index (κ3) is 11.5. The van der Waals surface area contributed by atoms with Crippen LogP contribution in [0.5, 0.6) is 0 Å². The summed E-state index contributed by atoms with van der Waals surface area (Å²) in [6.07, 6.45) is -0.247. The average molecular weight is 723 g/mol. The number of carbonyl (C=O) groups is 3. The highest BCUT2D eigenvalue weighted by atomic mass is 32.2. The predicted octanol–water partition coefficient (Wildman–Crippen LogP) is 2.84. The summed E-state index contributed by atoms with van der Waals surface area (Å²) in [5, 5.41) is 22.6. The Morgan fingerprint density at radius 2 is 1.68 bits per heavy atom. The summed E-state index contributed by atoms with van der Waals surface area (Å²) in [4.78, 5) is 47.0. The molecular weight excluding hydrogens is 681 g/mol. The van der Waals surface area contributed by atoms with Crippen LogP contribution in [0, 0.1) is 17.2 Å². The van der Waals surface area contributed by atoms with E-state index >= 15 is 0 Å². The highest BCUT2D eigenvalue weighted by molar-refractivity contribution is 7.89. The van der Waals surface area contributed by atoms with Crippen LogP contribution in [-0.4, -0.2) is 92.3 Å². The fourth-order valence-corrected chi connectivity index (χ4v) is 6.92. The number of rotatable bonds is 16. The number of nitrogens with zero attached hydrogens (tertiary/aromatic N) is 5. The number of amides is 2. The molecule has 2 amide bonds. The van der Waals surface area contributed by atoms with Crippen LogP contribution in [0.15, 0.2) is 30.3 Å². The van der Waals surface area contributed by atoms with Crippen molar-refractivity contribution in [3.8, 4) is 6.07 Å². The molecule has 18 heteroatoms. The van der Waals surface area contributed by atoms with Gasteiger partial charge in [0.15, 0.2) is 5.78 Å². The molecule has 1 atom stereocenters. The zero-order chi connectivity index (χ0) is 36.3. The van der Waals surface area contributed by atoms with Crippen LogP contribution in [0.4, 0.5) is 29.6 Å². The molecule has 0 aliphatic carbocycles. The number of hydrogen-bond donors (Lipinski definition) is 4. The summed E-state index contributed by atoms with van der Waals surface area (Å²) >= 11 is 0. The summed E-state index contributed by atoms with van der Waals surface area (Å²) in [5.41, 5.74) is 1.55. The van der Waals surface area contributed by atoms with E-state index in [0.29, 0.717) is 76.7 Å². The summed E-state index contributed by atoms with van der Waals surface area (Å²) < 4.78 is 67.2. The van der Waals surface area contributed by atoms with Crippen LogP contribution >= 0.6 is 0 Å². The fraction of sp³-hybridized carbons (Fsp3) is 0.562. The maximum Gasteiger partial charge on any atom is 0.451 e. The number of Topliss-reactive ketones (excluding diaryl/α,β-unsaturated/α-hetero) is 1. The maximum absolute atomic E-state index is 14.0. The lowest BCUT2D eigenvalue weighted by Crippen LogP contribution is -2.41. The average Bonchev–Trinajstić information content (AvgIpc) is 3.58. The highest BCUT2D eigenvalue weighted by Gasteiger charge is 2.38. The number of carboxylic acid groups (broad SMARTS) is 1. The number of nitriles is 1. The van der Waals surface area contributed by atoms with Crippen LogP contribution in [0.25, 0.3) is 0 Å². The normalized spacial score (nSPS) is 17.0. The molecule has 50 heavy (non-hydrogen) atoms. The van der Waals surface area contributed by atoms with E-state index in [0.717, 1.165) is 5.56 Å². The Labute approximate surface area is 288 Å². The number of sulfonamides is 1. The Kier molecular flexibility index (Phi) is 13.4. The molecular formula is C32H41F3N8O6S. The van der Waals surface area contributed by atoms with Crippen LogP contribution in [0.2, 0.25) is 0 Å². The molecule has 4 N–H and O–H groups in total. The van der Waals surface area contributed by atoms with E-state index < -0.39 is 52.4 Å². The molecule has 2 fully saturated rings. The molecule has 0 bridgehead atoms. The van der Waals surface area contributed by atoms with Crippen LogP contribution in [0.3, 0.4) is 0 Å². The van der Waals surface area contributed by atoms with E-state index in [2.05, 4.69) is 26.7 Å². The quantitative estimate of drug-likeness (QED) is 0.199. The maximum atomic E-state index is 14.0. The number of hydrogen-bond acceptors (Lipinski definition) is 10. The van der Waals surface area contributed by atoms with Gasteiger partial charge in [0.25, 0.3) is 0 Å². The number of aromatic nitrogens is 2. The first kappa shape index (κ1) is 38.3. The number of aryl methyl sites for hydroxylation is 1. The second-order valence-corrected chi connectivity index (χ2v) is 14.2. The predicted molar refractivity (Wildman–Crippen MR) is 177 cm³/mol. The number of benzene rings is 1. The zero-order valence-electron chi connectivity index (χ0n) is 27.4. The number of anilines is 2. The number of alkyl halides is 3. The second kappa shape index (κ2) is 17.4. The summed E-state index contributed by atoms with van der Waals surface area (Å²) in [6.45, 7) is 0.603. The lowest BCUT2D eigenvalue weighted by molar-refractivity contribution is -0.144. The first-order valence-corrected chi connectivity index (χ1v) is 18.1. The van der Waals surface area contributed by atoms with Gasteiger partial charge in [-0.1, -0.05) is 12.1 Å². The number of piperidine rings is 1. The van der Waals surface area contributed by atoms with Crippen molar-refractivity contribution in [1.82, 2.24) is 25.3 Å². The molecule has 2 saturated heterocycles. The van der Waals surface area contributed by atoms with Gasteiger partial charge >= 0.3 is 18.2 Å². The SMILES string of the molecule is N#Cc1ccc(CCCC(=O)[C@@H]2CCCN2c2cc(N3CCC(CCNC(=O)NCCS(=O)(=O)NCC(=O)O)CC3)nc(C(F)(F)F)n2)cc1. The van der Waals surface area contributed by atoms with Crippen molar-refractivity contribution in [2.75, 3.05) is 54.8 Å². The monoisotopic (exact) mass is 722 g/mol. The summed E-state index contributed by atoms with van der Waals surface area (Å²) in [6, 6.07) is 9.58. The van der Waals surface area contributed by atoms with Gasteiger partial charge in [0.05, 0.1) is 23.4 Å². The lowest BCUT2D eigenvalue weighted by Gasteiger charge is -2.34. The Morgan fingerprint density at radius 3 is 2.34 bits per heavy atom. The number of ketones is 1. The minimum absolute atomic E-state index is 0.0502. The number of carbonyl (C=O) groups excluding carboxylic acids is 2. The molecule has 1 aromatic carbocycles.